The number of ether oxygens (including phenoxy) is 1. The van der Waals surface area contributed by atoms with Crippen LogP contribution in [0.2, 0.25) is 5.02 Å². The van der Waals surface area contributed by atoms with Crippen LogP contribution >= 0.6 is 11.6 Å². The maximum atomic E-state index is 12.7. The molecular weight excluding hydrogens is 440 g/mol. The predicted octanol–water partition coefficient (Wildman–Crippen LogP) is 2.94. The molecular formula is C21H17ClN4O6. The molecule has 32 heavy (non-hydrogen) atoms. The number of aromatic hydroxyl groups is 1. The van der Waals surface area contributed by atoms with Gasteiger partial charge in [-0.25, -0.2) is 5.43 Å². The third kappa shape index (κ3) is 5.10. The lowest BCUT2D eigenvalue weighted by Gasteiger charge is -2.08. The number of phenolic OH excluding ortho intramolecular Hbond substituents is 1. The minimum Gasteiger partial charge on any atom is -0.500 e. The Morgan fingerprint density at radius 1 is 1.31 bits per heavy atom. The van der Waals surface area contributed by atoms with Gasteiger partial charge in [0.2, 0.25) is 5.75 Å². The van der Waals surface area contributed by atoms with Crippen LogP contribution in [-0.4, -0.2) is 33.8 Å². The highest BCUT2D eigenvalue weighted by molar-refractivity contribution is 6.30. The Balaban J connectivity index is 1.77. The van der Waals surface area contributed by atoms with Gasteiger partial charge in [-0.15, -0.1) is 0 Å². The first-order chi connectivity index (χ1) is 15.3. The third-order valence-electron chi connectivity index (χ3n) is 4.40. The van der Waals surface area contributed by atoms with E-state index >= 15 is 0 Å². The van der Waals surface area contributed by atoms with Crippen molar-refractivity contribution in [2.45, 2.75) is 6.54 Å². The number of hydrogen-bond donors (Lipinski definition) is 2. The normalized spacial score (nSPS) is 10.8. The number of pyridine rings is 1. The van der Waals surface area contributed by atoms with Gasteiger partial charge in [-0.3, -0.25) is 19.7 Å². The molecule has 0 saturated carbocycles. The average Bonchev–Trinajstić information content (AvgIpc) is 2.77. The van der Waals surface area contributed by atoms with Gasteiger partial charge in [0.25, 0.3) is 11.5 Å². The third-order valence-corrected chi connectivity index (χ3v) is 4.66. The molecule has 1 heterocycles. The van der Waals surface area contributed by atoms with Crippen LogP contribution in [0, 0.1) is 10.1 Å². The first-order valence-corrected chi connectivity index (χ1v) is 9.50. The second kappa shape index (κ2) is 9.75. The Labute approximate surface area is 186 Å². The molecule has 0 spiro atoms. The molecule has 2 aromatic carbocycles. The number of carbonyl (C=O) groups is 1. The molecule has 0 bridgehead atoms. The number of amides is 1. The van der Waals surface area contributed by atoms with Crippen LogP contribution in [0.5, 0.6) is 11.5 Å². The highest BCUT2D eigenvalue weighted by Crippen LogP contribution is 2.36. The van der Waals surface area contributed by atoms with E-state index in [4.69, 9.17) is 16.3 Å². The number of rotatable bonds is 7. The zero-order valence-electron chi connectivity index (χ0n) is 16.7. The van der Waals surface area contributed by atoms with E-state index in [2.05, 4.69) is 10.5 Å². The summed E-state index contributed by atoms with van der Waals surface area (Å²) in [6.45, 7) is 0.247. The number of methoxy groups -OCH3 is 1. The number of nitro groups is 1. The summed E-state index contributed by atoms with van der Waals surface area (Å²) >= 11 is 5.87. The number of benzene rings is 2. The lowest BCUT2D eigenvalue weighted by molar-refractivity contribution is -0.386. The summed E-state index contributed by atoms with van der Waals surface area (Å²) in [6.07, 6.45) is 2.68. The van der Waals surface area contributed by atoms with Crippen LogP contribution in [0.3, 0.4) is 0 Å². The average molecular weight is 457 g/mol. The lowest BCUT2D eigenvalue weighted by Crippen LogP contribution is -2.30. The molecule has 164 valence electrons. The molecule has 0 saturated heterocycles. The number of nitrogens with zero attached hydrogens (tertiary/aromatic N) is 3. The molecule has 1 amide bonds. The fourth-order valence-corrected chi connectivity index (χ4v) is 2.96. The van der Waals surface area contributed by atoms with E-state index in [1.807, 2.05) is 0 Å². The topological polar surface area (TPSA) is 136 Å². The number of hydrogen-bond acceptors (Lipinski definition) is 7. The van der Waals surface area contributed by atoms with E-state index in [1.165, 1.54) is 23.8 Å². The Morgan fingerprint density at radius 2 is 2.03 bits per heavy atom. The van der Waals surface area contributed by atoms with Crippen molar-refractivity contribution in [3.05, 3.63) is 96.9 Å². The van der Waals surface area contributed by atoms with E-state index in [1.54, 1.807) is 36.5 Å². The molecule has 1 aromatic heterocycles. The predicted molar refractivity (Wildman–Crippen MR) is 118 cm³/mol. The molecule has 0 aliphatic heterocycles. The van der Waals surface area contributed by atoms with Gasteiger partial charge < -0.3 is 14.4 Å². The van der Waals surface area contributed by atoms with Crippen LogP contribution < -0.4 is 15.7 Å². The summed E-state index contributed by atoms with van der Waals surface area (Å²) in [5, 5.41) is 25.2. The summed E-state index contributed by atoms with van der Waals surface area (Å²) in [7, 11) is 1.24. The van der Waals surface area contributed by atoms with Crippen molar-refractivity contribution in [1.29, 1.82) is 0 Å². The Morgan fingerprint density at radius 3 is 2.69 bits per heavy atom. The molecule has 3 aromatic rings. The van der Waals surface area contributed by atoms with Gasteiger partial charge in [0, 0.05) is 22.8 Å². The van der Waals surface area contributed by atoms with Crippen molar-refractivity contribution in [3.63, 3.8) is 0 Å². The van der Waals surface area contributed by atoms with E-state index in [0.29, 0.717) is 5.02 Å². The molecule has 0 radical (unpaired) electrons. The smallest absolute Gasteiger partial charge is 0.315 e. The number of nitro benzene ring substituents is 1. The zero-order chi connectivity index (χ0) is 23.3. The second-order valence-electron chi connectivity index (χ2n) is 6.53. The zero-order valence-corrected chi connectivity index (χ0v) is 17.4. The van der Waals surface area contributed by atoms with Crippen molar-refractivity contribution >= 4 is 29.4 Å². The van der Waals surface area contributed by atoms with Gasteiger partial charge >= 0.3 is 5.69 Å². The van der Waals surface area contributed by atoms with Crippen molar-refractivity contribution in [2.24, 2.45) is 5.10 Å². The van der Waals surface area contributed by atoms with Gasteiger partial charge in [0.15, 0.2) is 5.75 Å². The highest BCUT2D eigenvalue weighted by atomic mass is 35.5. The molecule has 0 aliphatic carbocycles. The molecule has 2 N–H and O–H groups in total. The summed E-state index contributed by atoms with van der Waals surface area (Å²) in [6, 6.07) is 12.2. The molecule has 11 heteroatoms. The lowest BCUT2D eigenvalue weighted by atomic mass is 10.2. The van der Waals surface area contributed by atoms with Gasteiger partial charge in [0.1, 0.15) is 5.56 Å². The number of hydrazone groups is 1. The van der Waals surface area contributed by atoms with Crippen LogP contribution in [0.1, 0.15) is 21.5 Å². The monoisotopic (exact) mass is 456 g/mol. The number of phenols is 1. The number of halogens is 1. The molecule has 0 atom stereocenters. The van der Waals surface area contributed by atoms with Gasteiger partial charge in [-0.05, 0) is 35.9 Å². The van der Waals surface area contributed by atoms with Crippen molar-refractivity contribution < 1.29 is 19.6 Å². The summed E-state index contributed by atoms with van der Waals surface area (Å²) in [4.78, 5) is 35.4. The summed E-state index contributed by atoms with van der Waals surface area (Å²) in [5.74, 6) is -1.50. The summed E-state index contributed by atoms with van der Waals surface area (Å²) in [5.41, 5.74) is 2.01. The van der Waals surface area contributed by atoms with E-state index in [-0.39, 0.29) is 23.4 Å². The number of carbonyl (C=O) groups excluding carboxylic acids is 1. The summed E-state index contributed by atoms with van der Waals surface area (Å²) < 4.78 is 6.27. The Kier molecular flexibility index (Phi) is 6.86. The van der Waals surface area contributed by atoms with E-state index in [0.717, 1.165) is 17.8 Å². The fourth-order valence-electron chi connectivity index (χ4n) is 2.83. The molecule has 0 aliphatic rings. The quantitative estimate of drug-likeness (QED) is 0.318. The largest absolute Gasteiger partial charge is 0.500 e. The Hall–Kier alpha value is -4.18. The van der Waals surface area contributed by atoms with Gasteiger partial charge in [-0.1, -0.05) is 23.7 Å². The van der Waals surface area contributed by atoms with Crippen LogP contribution in [0.25, 0.3) is 0 Å². The van der Waals surface area contributed by atoms with Crippen molar-refractivity contribution in [3.8, 4) is 11.5 Å². The van der Waals surface area contributed by atoms with Gasteiger partial charge in [-0.2, -0.15) is 5.10 Å². The van der Waals surface area contributed by atoms with Gasteiger partial charge in [0.05, 0.1) is 24.8 Å². The fraction of sp³-hybridized carbons (Fsp3) is 0.0952. The number of aromatic nitrogens is 1. The van der Waals surface area contributed by atoms with Crippen molar-refractivity contribution in [2.75, 3.05) is 7.11 Å². The van der Waals surface area contributed by atoms with E-state index < -0.39 is 27.8 Å². The molecule has 0 fully saturated rings. The van der Waals surface area contributed by atoms with Crippen LogP contribution in [-0.2, 0) is 6.54 Å². The van der Waals surface area contributed by atoms with Crippen LogP contribution in [0.15, 0.2) is 64.6 Å². The maximum Gasteiger partial charge on any atom is 0.315 e. The number of nitrogens with one attached hydrogen (secondary N) is 1. The second-order valence-corrected chi connectivity index (χ2v) is 6.96. The standard InChI is InChI=1S/C21H17ClN4O6/c1-32-18-10-14(9-17(19(18)27)26(30)31)11-23-24-20(28)16-3-2-8-25(21(16)29)12-13-4-6-15(22)7-5-13/h2-11,27H,12H2,1H3,(H,24,28)/b23-11-. The molecule has 10 nitrogen and oxygen atoms in total. The molecule has 3 rings (SSSR count). The SMILES string of the molecule is COc1cc(/C=N\NC(=O)c2cccn(Cc3ccc(Cl)cc3)c2=O)cc([N+](=O)[O-])c1O. The first kappa shape index (κ1) is 22.5. The van der Waals surface area contributed by atoms with Crippen molar-refractivity contribution in [1.82, 2.24) is 9.99 Å². The minimum absolute atomic E-state index is 0.125. The Bertz CT molecular complexity index is 1250. The minimum atomic E-state index is -0.777. The highest BCUT2D eigenvalue weighted by Gasteiger charge is 2.19. The first-order valence-electron chi connectivity index (χ1n) is 9.13. The van der Waals surface area contributed by atoms with E-state index in [9.17, 15) is 24.8 Å². The molecule has 0 unspecified atom stereocenters. The van der Waals surface area contributed by atoms with Crippen LogP contribution in [0.4, 0.5) is 5.69 Å². The maximum absolute atomic E-state index is 12.7.